The Morgan fingerprint density at radius 1 is 1.50 bits per heavy atom. The zero-order valence-corrected chi connectivity index (χ0v) is 14.3. The van der Waals surface area contributed by atoms with Gasteiger partial charge in [-0.1, -0.05) is 0 Å². The predicted octanol–water partition coefficient (Wildman–Crippen LogP) is 1.24. The molecule has 0 radical (unpaired) electrons. The first kappa shape index (κ1) is 18.4. The Morgan fingerprint density at radius 3 is 2.82 bits per heavy atom. The van der Waals surface area contributed by atoms with E-state index in [9.17, 15) is 4.79 Å². The van der Waals surface area contributed by atoms with Gasteiger partial charge in [-0.25, -0.2) is 9.78 Å². The molecule has 0 aliphatic carbocycles. The number of ether oxygens (including phenoxy) is 1. The summed E-state index contributed by atoms with van der Waals surface area (Å²) in [5.74, 6) is 0.270. The molecule has 0 saturated heterocycles. The van der Waals surface area contributed by atoms with Crippen LogP contribution in [-0.4, -0.2) is 48.3 Å². The van der Waals surface area contributed by atoms with E-state index < -0.39 is 0 Å². The Morgan fingerprint density at radius 2 is 2.23 bits per heavy atom. The molecule has 1 aromatic rings. The number of aliphatic hydroxyl groups excluding tert-OH is 1. The first-order valence-electron chi connectivity index (χ1n) is 7.33. The monoisotopic (exact) mass is 328 g/mol. The first-order valence-corrected chi connectivity index (χ1v) is 8.15. The average molecular weight is 328 g/mol. The predicted molar refractivity (Wildman–Crippen MR) is 87.4 cm³/mol. The van der Waals surface area contributed by atoms with Crippen molar-refractivity contribution in [2.45, 2.75) is 33.7 Å². The molecule has 0 fully saturated rings. The lowest BCUT2D eigenvalue weighted by atomic mass is 10.3. The van der Waals surface area contributed by atoms with Crippen LogP contribution >= 0.6 is 11.3 Å². The largest absolute Gasteiger partial charge is 0.462 e. The molecule has 0 aliphatic heterocycles. The zero-order valence-electron chi connectivity index (χ0n) is 13.5. The number of hydrogen-bond acceptors (Lipinski definition) is 6. The molecule has 1 aromatic heterocycles. The number of aliphatic hydroxyl groups is 1. The molecule has 0 spiro atoms. The topological polar surface area (TPSA) is 95.8 Å². The van der Waals surface area contributed by atoms with Crippen molar-refractivity contribution in [2.75, 3.05) is 26.3 Å². The van der Waals surface area contributed by atoms with Gasteiger partial charge in [0, 0.05) is 6.54 Å². The quantitative estimate of drug-likeness (QED) is 0.396. The van der Waals surface area contributed by atoms with Gasteiger partial charge < -0.3 is 20.5 Å². The SMILES string of the molecule is CCNC(=NCCO)NC(C)c1nc(C)c(C(=O)OCC)s1. The molecule has 0 aromatic carbocycles. The van der Waals surface area contributed by atoms with E-state index in [-0.39, 0.29) is 18.6 Å². The molecule has 0 saturated carbocycles. The van der Waals surface area contributed by atoms with Crippen LogP contribution in [0.25, 0.3) is 0 Å². The summed E-state index contributed by atoms with van der Waals surface area (Å²) < 4.78 is 5.02. The second-order valence-electron chi connectivity index (χ2n) is 4.54. The van der Waals surface area contributed by atoms with Gasteiger partial charge in [-0.3, -0.25) is 4.99 Å². The van der Waals surface area contributed by atoms with E-state index in [4.69, 9.17) is 9.84 Å². The smallest absolute Gasteiger partial charge is 0.350 e. The number of guanidine groups is 1. The number of esters is 1. The number of aryl methyl sites for hydroxylation is 1. The fraction of sp³-hybridized carbons (Fsp3) is 0.643. The molecular weight excluding hydrogens is 304 g/mol. The average Bonchev–Trinajstić information content (AvgIpc) is 2.87. The lowest BCUT2D eigenvalue weighted by Crippen LogP contribution is -2.39. The van der Waals surface area contributed by atoms with Gasteiger partial charge in [0.05, 0.1) is 31.5 Å². The molecule has 1 unspecified atom stereocenters. The molecule has 1 heterocycles. The minimum absolute atomic E-state index is 0.00563. The summed E-state index contributed by atoms with van der Waals surface area (Å²) >= 11 is 1.32. The van der Waals surface area contributed by atoms with E-state index in [1.807, 2.05) is 13.8 Å². The zero-order chi connectivity index (χ0) is 16.5. The van der Waals surface area contributed by atoms with Gasteiger partial charge in [0.1, 0.15) is 9.88 Å². The molecule has 0 amide bonds. The van der Waals surface area contributed by atoms with Gasteiger partial charge in [0.25, 0.3) is 0 Å². The van der Waals surface area contributed by atoms with Crippen LogP contribution in [0.5, 0.6) is 0 Å². The number of carbonyl (C=O) groups excluding carboxylic acids is 1. The molecule has 3 N–H and O–H groups in total. The van der Waals surface area contributed by atoms with Crippen molar-refractivity contribution >= 4 is 23.3 Å². The highest BCUT2D eigenvalue weighted by atomic mass is 32.1. The lowest BCUT2D eigenvalue weighted by Gasteiger charge is -2.15. The van der Waals surface area contributed by atoms with E-state index in [1.165, 1.54) is 11.3 Å². The maximum absolute atomic E-state index is 11.8. The van der Waals surface area contributed by atoms with Gasteiger partial charge in [-0.05, 0) is 27.7 Å². The summed E-state index contributed by atoms with van der Waals surface area (Å²) in [6, 6.07) is -0.108. The van der Waals surface area contributed by atoms with Crippen molar-refractivity contribution in [2.24, 2.45) is 4.99 Å². The number of nitrogens with one attached hydrogen (secondary N) is 2. The van der Waals surface area contributed by atoms with E-state index in [1.54, 1.807) is 13.8 Å². The highest BCUT2D eigenvalue weighted by molar-refractivity contribution is 7.13. The number of aliphatic imine (C=N–C) groups is 1. The first-order chi connectivity index (χ1) is 10.5. The maximum Gasteiger partial charge on any atom is 0.350 e. The number of thiazole rings is 1. The van der Waals surface area contributed by atoms with Gasteiger partial charge in [-0.15, -0.1) is 11.3 Å². The summed E-state index contributed by atoms with van der Waals surface area (Å²) in [5.41, 5.74) is 0.671. The molecular formula is C14H24N4O3S. The van der Waals surface area contributed by atoms with Crippen LogP contribution in [0.4, 0.5) is 0 Å². The molecule has 1 rings (SSSR count). The van der Waals surface area contributed by atoms with Gasteiger partial charge >= 0.3 is 5.97 Å². The molecule has 0 aliphatic rings. The van der Waals surface area contributed by atoms with Crippen LogP contribution in [0.1, 0.15) is 47.2 Å². The van der Waals surface area contributed by atoms with Crippen LogP contribution in [0.2, 0.25) is 0 Å². The highest BCUT2D eigenvalue weighted by Gasteiger charge is 2.19. The molecule has 124 valence electrons. The minimum Gasteiger partial charge on any atom is -0.462 e. The van der Waals surface area contributed by atoms with Gasteiger partial charge in [0.15, 0.2) is 5.96 Å². The Bertz CT molecular complexity index is 516. The molecule has 0 bridgehead atoms. The van der Waals surface area contributed by atoms with Crippen molar-refractivity contribution in [3.8, 4) is 0 Å². The summed E-state index contributed by atoms with van der Waals surface area (Å²) in [4.78, 5) is 21.0. The Balaban J connectivity index is 2.82. The lowest BCUT2D eigenvalue weighted by molar-refractivity contribution is 0.0531. The number of rotatable bonds is 7. The number of nitrogens with zero attached hydrogens (tertiary/aromatic N) is 2. The van der Waals surface area contributed by atoms with E-state index >= 15 is 0 Å². The molecule has 1 atom stereocenters. The van der Waals surface area contributed by atoms with Crippen molar-refractivity contribution < 1.29 is 14.6 Å². The van der Waals surface area contributed by atoms with Gasteiger partial charge in [-0.2, -0.15) is 0 Å². The van der Waals surface area contributed by atoms with Gasteiger partial charge in [0.2, 0.25) is 0 Å². The summed E-state index contributed by atoms with van der Waals surface area (Å²) in [5, 5.41) is 15.9. The second kappa shape index (κ2) is 9.37. The number of carbonyl (C=O) groups is 1. The second-order valence-corrected chi connectivity index (χ2v) is 5.57. The van der Waals surface area contributed by atoms with E-state index in [0.717, 1.165) is 11.6 Å². The third-order valence-electron chi connectivity index (χ3n) is 2.71. The molecule has 22 heavy (non-hydrogen) atoms. The maximum atomic E-state index is 11.8. The van der Waals surface area contributed by atoms with Crippen LogP contribution in [0, 0.1) is 6.92 Å². The minimum atomic E-state index is -0.336. The Kier molecular flexibility index (Phi) is 7.83. The van der Waals surface area contributed by atoms with Crippen molar-refractivity contribution in [1.82, 2.24) is 15.6 Å². The fourth-order valence-corrected chi connectivity index (χ4v) is 2.70. The third kappa shape index (κ3) is 5.27. The van der Waals surface area contributed by atoms with E-state index in [2.05, 4.69) is 20.6 Å². The molecule has 7 nitrogen and oxygen atoms in total. The highest BCUT2D eigenvalue weighted by Crippen LogP contribution is 2.24. The molecule has 8 heteroatoms. The number of aromatic nitrogens is 1. The van der Waals surface area contributed by atoms with Crippen LogP contribution in [-0.2, 0) is 4.74 Å². The third-order valence-corrected chi connectivity index (χ3v) is 4.03. The number of hydrogen-bond donors (Lipinski definition) is 3. The van der Waals surface area contributed by atoms with Crippen LogP contribution < -0.4 is 10.6 Å². The fourth-order valence-electron chi connectivity index (χ4n) is 1.74. The Labute approximate surface area is 134 Å². The van der Waals surface area contributed by atoms with Crippen molar-refractivity contribution in [1.29, 1.82) is 0 Å². The normalized spacial score (nSPS) is 12.9. The van der Waals surface area contributed by atoms with Crippen molar-refractivity contribution in [3.63, 3.8) is 0 Å². The van der Waals surface area contributed by atoms with Crippen molar-refractivity contribution in [3.05, 3.63) is 15.6 Å². The summed E-state index contributed by atoms with van der Waals surface area (Å²) in [6.07, 6.45) is 0. The van der Waals surface area contributed by atoms with Crippen LogP contribution in [0.3, 0.4) is 0 Å². The standard InChI is InChI=1S/C14H24N4O3S/c1-5-15-14(16-7-8-19)18-10(4)12-17-9(3)11(22-12)13(20)21-6-2/h10,19H,5-8H2,1-4H3,(H2,15,16,18). The summed E-state index contributed by atoms with van der Waals surface area (Å²) in [7, 11) is 0. The van der Waals surface area contributed by atoms with E-state index in [0.29, 0.717) is 29.7 Å². The Hall–Kier alpha value is -1.67. The van der Waals surface area contributed by atoms with Crippen LogP contribution in [0.15, 0.2) is 4.99 Å². The summed E-state index contributed by atoms with van der Waals surface area (Å²) in [6.45, 7) is 8.87.